The number of nitrogens with one attached hydrogen (secondary N) is 3. The largest absolute Gasteiger partial charge is 0.419 e. The van der Waals surface area contributed by atoms with E-state index in [4.69, 9.17) is 4.74 Å². The predicted molar refractivity (Wildman–Crippen MR) is 186 cm³/mol. The molecule has 0 unspecified atom stereocenters. The molecule has 2 aromatic heterocycles. The number of anilines is 2. The van der Waals surface area contributed by atoms with Crippen LogP contribution in [0.25, 0.3) is 11.3 Å². The van der Waals surface area contributed by atoms with Crippen LogP contribution in [0.4, 0.5) is 29.2 Å². The maximum Gasteiger partial charge on any atom is 0.419 e. The lowest BCUT2D eigenvalue weighted by Crippen LogP contribution is -2.47. The van der Waals surface area contributed by atoms with Gasteiger partial charge in [0.1, 0.15) is 11.4 Å². The van der Waals surface area contributed by atoms with E-state index >= 15 is 4.39 Å². The standard InChI is InChI=1S/C32H45F4N9O4S.ClH/c1-31(2,46)22-45-21-24(18-39-45)29-26(32(34,35)36)19-38-30(42-29)41-28-4-3-25(17-27(28)33)50(47,48)40-9-15-49-16-14-43-10-5-23(6-11-43)20-44-12-7-37-8-13-44;/h3-4,17-19,21,23,37,40,46H,5-16,20,22H2,1-2H3,(H,38,41,42);1H. The lowest BCUT2D eigenvalue weighted by atomic mass is 9.96. The zero-order valence-corrected chi connectivity index (χ0v) is 30.3. The van der Waals surface area contributed by atoms with Crippen molar-refractivity contribution in [3.63, 3.8) is 0 Å². The third-order valence-corrected chi connectivity index (χ3v) is 10.0. The highest BCUT2D eigenvalue weighted by molar-refractivity contribution is 7.89. The molecule has 19 heteroatoms. The van der Waals surface area contributed by atoms with Gasteiger partial charge >= 0.3 is 6.18 Å². The van der Waals surface area contributed by atoms with Crippen LogP contribution in [0.15, 0.2) is 41.7 Å². The quantitative estimate of drug-likeness (QED) is 0.133. The van der Waals surface area contributed by atoms with Gasteiger partial charge < -0.3 is 30.3 Å². The molecular weight excluding hydrogens is 718 g/mol. The molecule has 3 aromatic rings. The van der Waals surface area contributed by atoms with E-state index in [0.717, 1.165) is 83.4 Å². The van der Waals surface area contributed by atoms with Crippen molar-refractivity contribution in [3.05, 3.63) is 48.2 Å². The van der Waals surface area contributed by atoms with Gasteiger partial charge in [0.2, 0.25) is 16.0 Å². The SMILES string of the molecule is CC(C)(O)Cn1cc(-c2nc(Nc3ccc(S(=O)(=O)NCCOCCN4CCC(CN5CCNCC5)CC4)cc3F)ncc2C(F)(F)F)cn1.Cl. The van der Waals surface area contributed by atoms with Crippen molar-refractivity contribution in [3.8, 4) is 11.3 Å². The highest BCUT2D eigenvalue weighted by Crippen LogP contribution is 2.36. The van der Waals surface area contributed by atoms with Crippen LogP contribution in [0.2, 0.25) is 0 Å². The van der Waals surface area contributed by atoms with Gasteiger partial charge in [0.05, 0.1) is 47.8 Å². The second-order valence-corrected chi connectivity index (χ2v) is 15.1. The molecule has 5 rings (SSSR count). The van der Waals surface area contributed by atoms with E-state index in [1.165, 1.54) is 30.9 Å². The maximum absolute atomic E-state index is 15.1. The number of hydrogen-bond donors (Lipinski definition) is 4. The third-order valence-electron chi connectivity index (χ3n) is 8.57. The number of piperazine rings is 1. The fourth-order valence-electron chi connectivity index (χ4n) is 6.00. The number of halogens is 5. The van der Waals surface area contributed by atoms with Crippen molar-refractivity contribution in [2.24, 2.45) is 5.92 Å². The van der Waals surface area contributed by atoms with Crippen LogP contribution in [0, 0.1) is 11.7 Å². The second kappa shape index (κ2) is 17.7. The molecule has 0 aliphatic carbocycles. The summed E-state index contributed by atoms with van der Waals surface area (Å²) in [7, 11) is -4.07. The van der Waals surface area contributed by atoms with Crippen molar-refractivity contribution < 1.29 is 35.8 Å². The van der Waals surface area contributed by atoms with Crippen LogP contribution in [-0.2, 0) is 27.5 Å². The van der Waals surface area contributed by atoms with Gasteiger partial charge in [-0.15, -0.1) is 12.4 Å². The van der Waals surface area contributed by atoms with Gasteiger partial charge in [-0.1, -0.05) is 0 Å². The lowest BCUT2D eigenvalue weighted by Gasteiger charge is -2.36. The second-order valence-electron chi connectivity index (χ2n) is 13.3. The Hall–Kier alpha value is -2.97. The van der Waals surface area contributed by atoms with E-state index in [-0.39, 0.29) is 54.2 Å². The summed E-state index contributed by atoms with van der Waals surface area (Å²) in [6.45, 7) is 12.0. The first-order chi connectivity index (χ1) is 23.7. The third kappa shape index (κ3) is 12.0. The van der Waals surface area contributed by atoms with Gasteiger partial charge in [-0.25, -0.2) is 27.5 Å². The molecule has 0 amide bonds. The van der Waals surface area contributed by atoms with Crippen LogP contribution in [0.3, 0.4) is 0 Å². The Labute approximate surface area is 301 Å². The topological polar surface area (TPSA) is 150 Å². The van der Waals surface area contributed by atoms with Crippen LogP contribution in [-0.4, -0.2) is 121 Å². The lowest BCUT2D eigenvalue weighted by molar-refractivity contribution is -0.137. The minimum Gasteiger partial charge on any atom is -0.389 e. The van der Waals surface area contributed by atoms with Gasteiger partial charge in [-0.05, 0) is 63.9 Å². The number of likely N-dealkylation sites (tertiary alicyclic amines) is 1. The molecular formula is C32H46ClF4N9O4S. The van der Waals surface area contributed by atoms with E-state index in [0.29, 0.717) is 18.7 Å². The molecule has 4 heterocycles. The zero-order valence-electron chi connectivity index (χ0n) is 28.6. The van der Waals surface area contributed by atoms with Crippen molar-refractivity contribution in [1.82, 2.24) is 39.6 Å². The van der Waals surface area contributed by atoms with Crippen LogP contribution < -0.4 is 15.4 Å². The van der Waals surface area contributed by atoms with Crippen molar-refractivity contribution in [2.75, 3.05) is 77.4 Å². The van der Waals surface area contributed by atoms with Crippen molar-refractivity contribution in [2.45, 2.75) is 49.9 Å². The van der Waals surface area contributed by atoms with E-state index in [1.807, 2.05) is 0 Å². The monoisotopic (exact) mass is 763 g/mol. The summed E-state index contributed by atoms with van der Waals surface area (Å²) in [4.78, 5) is 12.2. The molecule has 13 nitrogen and oxygen atoms in total. The molecule has 51 heavy (non-hydrogen) atoms. The Morgan fingerprint density at radius 3 is 2.45 bits per heavy atom. The maximum atomic E-state index is 15.1. The minimum atomic E-state index is -4.80. The first-order valence-corrected chi connectivity index (χ1v) is 18.1. The highest BCUT2D eigenvalue weighted by atomic mass is 35.5. The number of benzene rings is 1. The van der Waals surface area contributed by atoms with Crippen molar-refractivity contribution in [1.29, 1.82) is 0 Å². The average Bonchev–Trinajstić information content (AvgIpc) is 3.51. The molecule has 0 spiro atoms. The molecule has 2 saturated heterocycles. The van der Waals surface area contributed by atoms with Gasteiger partial charge in [-0.2, -0.15) is 18.3 Å². The van der Waals surface area contributed by atoms with Gasteiger partial charge in [-0.3, -0.25) is 4.68 Å². The number of piperidine rings is 1. The van der Waals surface area contributed by atoms with Gasteiger partial charge in [0, 0.05) is 63.8 Å². The average molecular weight is 764 g/mol. The number of hydrogen-bond acceptors (Lipinski definition) is 11. The summed E-state index contributed by atoms with van der Waals surface area (Å²) < 4.78 is 91.4. The highest BCUT2D eigenvalue weighted by Gasteiger charge is 2.36. The Bertz CT molecular complexity index is 1680. The Morgan fingerprint density at radius 1 is 1.06 bits per heavy atom. The van der Waals surface area contributed by atoms with E-state index in [2.05, 4.69) is 40.2 Å². The van der Waals surface area contributed by atoms with Gasteiger partial charge in [0.25, 0.3) is 0 Å². The number of alkyl halides is 3. The minimum absolute atomic E-state index is 0. The van der Waals surface area contributed by atoms with Crippen LogP contribution >= 0.6 is 12.4 Å². The molecule has 0 atom stereocenters. The number of rotatable bonds is 15. The zero-order chi connectivity index (χ0) is 35.9. The summed E-state index contributed by atoms with van der Waals surface area (Å²) in [5.41, 5.74) is -3.05. The Kier molecular flexibility index (Phi) is 14.2. The van der Waals surface area contributed by atoms with Crippen LogP contribution in [0.1, 0.15) is 32.3 Å². The summed E-state index contributed by atoms with van der Waals surface area (Å²) in [5.74, 6) is -0.620. The molecule has 0 radical (unpaired) electrons. The first kappa shape index (κ1) is 40.8. The Balaban J connectivity index is 0.00000583. The number of sulfonamides is 1. The van der Waals surface area contributed by atoms with Gasteiger partial charge in [0.15, 0.2) is 0 Å². The summed E-state index contributed by atoms with van der Waals surface area (Å²) in [5, 5.41) is 19.9. The molecule has 0 saturated carbocycles. The van der Waals surface area contributed by atoms with E-state index < -0.39 is 38.9 Å². The fourth-order valence-corrected chi connectivity index (χ4v) is 7.03. The number of ether oxygens (including phenoxy) is 1. The summed E-state index contributed by atoms with van der Waals surface area (Å²) in [6.07, 6.45) is 0.556. The van der Waals surface area contributed by atoms with E-state index in [1.54, 1.807) is 0 Å². The molecule has 1 aromatic carbocycles. The molecule has 0 bridgehead atoms. The number of aliphatic hydroxyl groups is 1. The summed E-state index contributed by atoms with van der Waals surface area (Å²) >= 11 is 0. The molecule has 4 N–H and O–H groups in total. The first-order valence-electron chi connectivity index (χ1n) is 16.7. The Morgan fingerprint density at radius 2 is 1.78 bits per heavy atom. The molecule has 2 aliphatic rings. The van der Waals surface area contributed by atoms with Crippen molar-refractivity contribution >= 4 is 34.1 Å². The molecule has 2 aliphatic heterocycles. The molecule has 2 fully saturated rings. The normalized spacial score (nSPS) is 17.0. The van der Waals surface area contributed by atoms with E-state index in [9.17, 15) is 26.7 Å². The predicted octanol–water partition coefficient (Wildman–Crippen LogP) is 3.35. The molecule has 284 valence electrons. The number of nitrogens with zero attached hydrogens (tertiary/aromatic N) is 6. The summed E-state index contributed by atoms with van der Waals surface area (Å²) in [6, 6.07) is 3.09. The van der Waals surface area contributed by atoms with Crippen LogP contribution in [0.5, 0.6) is 0 Å². The fraction of sp³-hybridized carbons (Fsp3) is 0.594. The smallest absolute Gasteiger partial charge is 0.389 e. The number of aromatic nitrogens is 4.